The number of methoxy groups -OCH3 is 1. The number of aromatic nitrogens is 4. The highest BCUT2D eigenvalue weighted by Gasteiger charge is 2.12. The maximum atomic E-state index is 10.3. The lowest BCUT2D eigenvalue weighted by Crippen LogP contribution is -1.93. The first-order chi connectivity index (χ1) is 15.0. The molecule has 156 valence electrons. The number of nitrogens with one attached hydrogen (secondary N) is 2. The standard InChI is InChI=1S/C25H24N4O2/c1-14(30)22-10-20-9-18-5-4-16(26-18)8-17-6-7-19(27-17)12-25-23(15(2)31-3)11-21(29-25)13-24(22)28-20/h4-15,28-30H,1-3H3. The first kappa shape index (κ1) is 19.5. The highest BCUT2D eigenvalue weighted by Crippen LogP contribution is 2.27. The number of rotatable bonds is 3. The van der Waals surface area contributed by atoms with Crippen molar-refractivity contribution in [3.05, 3.63) is 70.3 Å². The minimum absolute atomic E-state index is 0.0804. The molecule has 3 N–H and O–H groups in total. The Morgan fingerprint density at radius 3 is 1.84 bits per heavy atom. The number of aliphatic hydroxyl groups is 1. The normalized spacial score (nSPS) is 14.7. The zero-order valence-electron chi connectivity index (χ0n) is 17.7. The predicted molar refractivity (Wildman–Crippen MR) is 125 cm³/mol. The quantitative estimate of drug-likeness (QED) is 0.369. The fourth-order valence-electron chi connectivity index (χ4n) is 3.95. The van der Waals surface area contributed by atoms with Crippen molar-refractivity contribution < 1.29 is 9.84 Å². The SMILES string of the molecule is COC(C)c1cc2cc3[nH]c(cc4nc(cc5nc(cc1[nH]2)C=C5)C=C4)cc3C(C)O. The number of fused-ring (bicyclic) bond motifs is 8. The molecule has 31 heavy (non-hydrogen) atoms. The molecule has 2 unspecified atom stereocenters. The van der Waals surface area contributed by atoms with Crippen LogP contribution in [0.25, 0.3) is 46.4 Å². The molecule has 5 heterocycles. The van der Waals surface area contributed by atoms with E-state index in [-0.39, 0.29) is 6.10 Å². The second-order valence-electron chi connectivity index (χ2n) is 7.91. The van der Waals surface area contributed by atoms with E-state index in [1.54, 1.807) is 14.0 Å². The van der Waals surface area contributed by atoms with Gasteiger partial charge in [0, 0.05) is 40.3 Å². The molecule has 2 atom stereocenters. The lowest BCUT2D eigenvalue weighted by molar-refractivity contribution is 0.121. The van der Waals surface area contributed by atoms with Gasteiger partial charge >= 0.3 is 0 Å². The zero-order chi connectivity index (χ0) is 21.5. The molecule has 6 heteroatoms. The van der Waals surface area contributed by atoms with E-state index in [1.807, 2.05) is 61.6 Å². The lowest BCUT2D eigenvalue weighted by Gasteiger charge is -2.06. The third kappa shape index (κ3) is 3.83. The van der Waals surface area contributed by atoms with Crippen LogP contribution in [0.3, 0.4) is 0 Å². The molecule has 3 aromatic rings. The van der Waals surface area contributed by atoms with Crippen LogP contribution in [0.4, 0.5) is 0 Å². The van der Waals surface area contributed by atoms with Crippen LogP contribution in [0.15, 0.2) is 36.4 Å². The molecule has 0 fully saturated rings. The molecule has 5 rings (SSSR count). The van der Waals surface area contributed by atoms with Gasteiger partial charge in [-0.2, -0.15) is 0 Å². The van der Waals surface area contributed by atoms with Gasteiger partial charge < -0.3 is 19.8 Å². The number of aromatic amines is 2. The molecule has 2 aliphatic rings. The van der Waals surface area contributed by atoms with Crippen molar-refractivity contribution in [3.8, 4) is 0 Å². The summed E-state index contributed by atoms with van der Waals surface area (Å²) in [5, 5.41) is 10.3. The van der Waals surface area contributed by atoms with Gasteiger partial charge in [-0.25, -0.2) is 9.97 Å². The number of aliphatic hydroxyl groups excluding tert-OH is 1. The summed E-state index contributed by atoms with van der Waals surface area (Å²) in [5.74, 6) is 0. The fourth-order valence-corrected chi connectivity index (χ4v) is 3.95. The Kier molecular flexibility index (Phi) is 4.81. The van der Waals surface area contributed by atoms with Crippen molar-refractivity contribution in [1.82, 2.24) is 19.9 Å². The minimum Gasteiger partial charge on any atom is -0.389 e. The van der Waals surface area contributed by atoms with E-state index >= 15 is 0 Å². The van der Waals surface area contributed by atoms with Crippen molar-refractivity contribution in [2.75, 3.05) is 7.11 Å². The van der Waals surface area contributed by atoms with Crippen LogP contribution in [0, 0.1) is 0 Å². The van der Waals surface area contributed by atoms with Crippen molar-refractivity contribution >= 4 is 46.4 Å². The zero-order valence-corrected chi connectivity index (χ0v) is 17.7. The summed E-state index contributed by atoms with van der Waals surface area (Å²) < 4.78 is 5.59. The second kappa shape index (κ2) is 7.65. The van der Waals surface area contributed by atoms with E-state index in [1.165, 1.54) is 0 Å². The van der Waals surface area contributed by atoms with E-state index in [2.05, 4.69) is 21.0 Å². The molecule has 0 spiro atoms. The summed E-state index contributed by atoms with van der Waals surface area (Å²) >= 11 is 0. The summed E-state index contributed by atoms with van der Waals surface area (Å²) in [4.78, 5) is 16.3. The number of hydrogen-bond donors (Lipinski definition) is 3. The minimum atomic E-state index is -0.603. The Hall–Kier alpha value is -3.48. The van der Waals surface area contributed by atoms with Crippen molar-refractivity contribution in [2.24, 2.45) is 0 Å². The van der Waals surface area contributed by atoms with Gasteiger partial charge in [0.05, 0.1) is 35.0 Å². The van der Waals surface area contributed by atoms with Gasteiger partial charge in [-0.1, -0.05) is 0 Å². The fraction of sp³-hybridized carbons (Fsp3) is 0.200. The van der Waals surface area contributed by atoms with E-state index in [0.717, 1.165) is 56.0 Å². The molecule has 0 aromatic carbocycles. The number of hydrogen-bond acceptors (Lipinski definition) is 4. The van der Waals surface area contributed by atoms with Gasteiger partial charge in [0.1, 0.15) is 0 Å². The molecule has 8 bridgehead atoms. The average Bonchev–Trinajstić information content (AvgIpc) is 3.51. The summed E-state index contributed by atoms with van der Waals surface area (Å²) in [6.45, 7) is 3.79. The molecule has 0 aliphatic carbocycles. The molecule has 0 saturated heterocycles. The topological polar surface area (TPSA) is 86.8 Å². The monoisotopic (exact) mass is 412 g/mol. The van der Waals surface area contributed by atoms with Crippen molar-refractivity contribution in [1.29, 1.82) is 0 Å². The summed E-state index contributed by atoms with van der Waals surface area (Å²) in [5.41, 5.74) is 8.90. The Balaban J connectivity index is 1.87. The van der Waals surface area contributed by atoms with Crippen LogP contribution < -0.4 is 0 Å². The summed E-state index contributed by atoms with van der Waals surface area (Å²) in [6.07, 6.45) is 7.25. The molecule has 0 saturated carbocycles. The van der Waals surface area contributed by atoms with Gasteiger partial charge in [-0.15, -0.1) is 0 Å². The van der Waals surface area contributed by atoms with Gasteiger partial charge in [0.2, 0.25) is 0 Å². The number of H-pyrrole nitrogens is 2. The van der Waals surface area contributed by atoms with Crippen LogP contribution in [-0.2, 0) is 4.74 Å². The van der Waals surface area contributed by atoms with E-state index in [9.17, 15) is 5.11 Å². The lowest BCUT2D eigenvalue weighted by atomic mass is 10.1. The molecule has 3 aromatic heterocycles. The third-order valence-corrected chi connectivity index (χ3v) is 5.60. The maximum Gasteiger partial charge on any atom is 0.0813 e. The first-order valence-electron chi connectivity index (χ1n) is 10.3. The molecular formula is C25H24N4O2. The highest BCUT2D eigenvalue weighted by atomic mass is 16.5. The maximum absolute atomic E-state index is 10.3. The summed E-state index contributed by atoms with van der Waals surface area (Å²) in [6, 6.07) is 12.0. The van der Waals surface area contributed by atoms with Gasteiger partial charge in [-0.3, -0.25) is 0 Å². The number of ether oxygens (including phenoxy) is 1. The van der Waals surface area contributed by atoms with Crippen LogP contribution >= 0.6 is 0 Å². The second-order valence-corrected chi connectivity index (χ2v) is 7.91. The van der Waals surface area contributed by atoms with Crippen LogP contribution in [0.2, 0.25) is 0 Å². The Morgan fingerprint density at radius 2 is 1.23 bits per heavy atom. The Bertz CT molecular complexity index is 1380. The largest absolute Gasteiger partial charge is 0.389 e. The molecule has 0 amide bonds. The summed E-state index contributed by atoms with van der Waals surface area (Å²) in [7, 11) is 1.70. The van der Waals surface area contributed by atoms with Gasteiger partial charge in [0.15, 0.2) is 0 Å². The van der Waals surface area contributed by atoms with Crippen molar-refractivity contribution in [2.45, 2.75) is 26.1 Å². The van der Waals surface area contributed by atoms with E-state index < -0.39 is 6.10 Å². The third-order valence-electron chi connectivity index (χ3n) is 5.60. The van der Waals surface area contributed by atoms with Crippen molar-refractivity contribution in [3.63, 3.8) is 0 Å². The Labute approximate surface area is 180 Å². The predicted octanol–water partition coefficient (Wildman–Crippen LogP) is 5.42. The van der Waals surface area contributed by atoms with E-state index in [0.29, 0.717) is 0 Å². The van der Waals surface area contributed by atoms with Crippen LogP contribution in [-0.4, -0.2) is 32.2 Å². The van der Waals surface area contributed by atoms with Gasteiger partial charge in [-0.05, 0) is 74.5 Å². The smallest absolute Gasteiger partial charge is 0.0813 e. The molecule has 6 nitrogen and oxygen atoms in total. The molecule has 2 aliphatic heterocycles. The van der Waals surface area contributed by atoms with E-state index in [4.69, 9.17) is 9.72 Å². The number of nitrogens with zero attached hydrogens (tertiary/aromatic N) is 2. The molecular weight excluding hydrogens is 388 g/mol. The van der Waals surface area contributed by atoms with Crippen LogP contribution in [0.1, 0.15) is 60.0 Å². The van der Waals surface area contributed by atoms with Crippen LogP contribution in [0.5, 0.6) is 0 Å². The average molecular weight is 412 g/mol. The molecule has 0 radical (unpaired) electrons. The first-order valence-corrected chi connectivity index (χ1v) is 10.3. The highest BCUT2D eigenvalue weighted by molar-refractivity contribution is 5.79. The Morgan fingerprint density at radius 1 is 0.710 bits per heavy atom. The van der Waals surface area contributed by atoms with Gasteiger partial charge in [0.25, 0.3) is 0 Å².